The highest BCUT2D eigenvalue weighted by atomic mass is 35.5. The smallest absolute Gasteiger partial charge is 0.275 e. The van der Waals surface area contributed by atoms with Gasteiger partial charge >= 0.3 is 0 Å². The van der Waals surface area contributed by atoms with Gasteiger partial charge in [-0.2, -0.15) is 5.10 Å². The van der Waals surface area contributed by atoms with E-state index in [0.717, 1.165) is 0 Å². The summed E-state index contributed by atoms with van der Waals surface area (Å²) in [6.45, 7) is 3.67. The van der Waals surface area contributed by atoms with Crippen molar-refractivity contribution in [1.82, 2.24) is 9.78 Å². The van der Waals surface area contributed by atoms with Crippen LogP contribution >= 0.6 is 11.6 Å². The number of nitrogens with zero attached hydrogens (tertiary/aromatic N) is 3. The largest absolute Gasteiger partial charge is 0.295 e. The molecule has 0 radical (unpaired) electrons. The van der Waals surface area contributed by atoms with Gasteiger partial charge in [0, 0.05) is 27.9 Å². The lowest BCUT2D eigenvalue weighted by molar-refractivity contribution is -0.120. The molecule has 1 amide bonds. The number of benzene rings is 3. The zero-order valence-electron chi connectivity index (χ0n) is 18.8. The molecule has 3 aromatic carbocycles. The average molecular weight is 471 g/mol. The first kappa shape index (κ1) is 21.9. The molecular weight excluding hydrogens is 448 g/mol. The Hall–Kier alpha value is -3.90. The number of rotatable bonds is 5. The van der Waals surface area contributed by atoms with Gasteiger partial charge in [0.25, 0.3) is 11.5 Å². The van der Waals surface area contributed by atoms with Gasteiger partial charge in [0.15, 0.2) is 0 Å². The topological polar surface area (TPSA) is 70.5 Å². The third-order valence-corrected chi connectivity index (χ3v) is 6.54. The molecule has 1 N–H and O–H groups in total. The molecule has 4 aromatic rings. The molecule has 0 bridgehead atoms. The number of hydrogen-bond acceptors (Lipinski definition) is 3. The zero-order chi connectivity index (χ0) is 23.8. The lowest BCUT2D eigenvalue weighted by Crippen LogP contribution is -2.34. The number of amides is 1. The summed E-state index contributed by atoms with van der Waals surface area (Å²) in [4.78, 5) is 27.5. The Labute approximate surface area is 202 Å². The van der Waals surface area contributed by atoms with Crippen molar-refractivity contribution >= 4 is 28.9 Å². The van der Waals surface area contributed by atoms with Gasteiger partial charge in [-0.25, -0.2) is 9.69 Å². The molecule has 34 heavy (non-hydrogen) atoms. The van der Waals surface area contributed by atoms with Crippen LogP contribution < -0.4 is 10.6 Å². The molecule has 5 rings (SSSR count). The van der Waals surface area contributed by atoms with Crippen molar-refractivity contribution in [2.24, 2.45) is 11.0 Å². The van der Waals surface area contributed by atoms with Crippen LogP contribution in [0.1, 0.15) is 29.7 Å². The van der Waals surface area contributed by atoms with E-state index in [9.17, 15) is 9.59 Å². The van der Waals surface area contributed by atoms with Crippen molar-refractivity contribution in [1.29, 1.82) is 0 Å². The fourth-order valence-corrected chi connectivity index (χ4v) is 4.88. The van der Waals surface area contributed by atoms with E-state index in [4.69, 9.17) is 11.6 Å². The number of aryl methyl sites for hydroxylation is 1. The van der Waals surface area contributed by atoms with Crippen LogP contribution in [0.2, 0.25) is 5.02 Å². The summed E-state index contributed by atoms with van der Waals surface area (Å²) in [5, 5.41) is 9.69. The van der Waals surface area contributed by atoms with Gasteiger partial charge in [0.2, 0.25) is 0 Å². The molecule has 0 saturated heterocycles. The second-order valence-corrected chi connectivity index (χ2v) is 8.74. The van der Waals surface area contributed by atoms with E-state index in [-0.39, 0.29) is 11.5 Å². The Balaban J connectivity index is 1.69. The first-order valence-electron chi connectivity index (χ1n) is 11.0. The van der Waals surface area contributed by atoms with Crippen molar-refractivity contribution in [3.05, 3.63) is 117 Å². The summed E-state index contributed by atoms with van der Waals surface area (Å²) in [5.41, 5.74) is 3.70. The van der Waals surface area contributed by atoms with Crippen molar-refractivity contribution in [2.75, 3.05) is 5.01 Å². The Morgan fingerprint density at radius 1 is 0.853 bits per heavy atom. The highest BCUT2D eigenvalue weighted by molar-refractivity contribution is 6.31. The number of carbonyl (C=O) groups is 1. The fourth-order valence-electron chi connectivity index (χ4n) is 4.63. The SMILES string of the molecule is CC1=NN(c2ccccc2)C(=O)C1C(c1ccccc1Cl)c1c(C)[nH]n(-c2ccccc2)c1=O. The number of H-pyrrole nitrogens is 1. The Morgan fingerprint density at radius 3 is 2.09 bits per heavy atom. The van der Waals surface area contributed by atoms with E-state index in [2.05, 4.69) is 10.2 Å². The number of carbonyl (C=O) groups excluding carboxylic acids is 1. The van der Waals surface area contributed by atoms with Crippen molar-refractivity contribution < 1.29 is 4.79 Å². The summed E-state index contributed by atoms with van der Waals surface area (Å²) < 4.78 is 1.51. The maximum absolute atomic E-state index is 13.8. The normalized spacial score (nSPS) is 16.6. The number of hydrazone groups is 1. The van der Waals surface area contributed by atoms with Crippen molar-refractivity contribution in [2.45, 2.75) is 19.8 Å². The molecule has 2 atom stereocenters. The zero-order valence-corrected chi connectivity index (χ0v) is 19.5. The molecule has 170 valence electrons. The Morgan fingerprint density at radius 2 is 1.44 bits per heavy atom. The van der Waals surface area contributed by atoms with Crippen LogP contribution in [0, 0.1) is 12.8 Å². The summed E-state index contributed by atoms with van der Waals surface area (Å²) in [6.07, 6.45) is 0. The second-order valence-electron chi connectivity index (χ2n) is 8.33. The van der Waals surface area contributed by atoms with E-state index >= 15 is 0 Å². The van der Waals surface area contributed by atoms with E-state index in [1.807, 2.05) is 92.7 Å². The molecule has 1 aromatic heterocycles. The molecule has 1 aliphatic heterocycles. The number of para-hydroxylation sites is 2. The number of aromatic nitrogens is 2. The minimum Gasteiger partial charge on any atom is -0.295 e. The Bertz CT molecular complexity index is 1440. The van der Waals surface area contributed by atoms with Crippen LogP contribution in [0.3, 0.4) is 0 Å². The molecule has 7 heteroatoms. The molecule has 1 aliphatic rings. The van der Waals surface area contributed by atoms with Gasteiger partial charge in [-0.15, -0.1) is 0 Å². The van der Waals surface area contributed by atoms with E-state index in [1.165, 1.54) is 9.69 Å². The van der Waals surface area contributed by atoms with E-state index in [1.54, 1.807) is 6.07 Å². The molecule has 2 heterocycles. The van der Waals surface area contributed by atoms with Crippen molar-refractivity contribution in [3.8, 4) is 5.69 Å². The number of anilines is 1. The van der Waals surface area contributed by atoms with Gasteiger partial charge in [0.1, 0.15) is 0 Å². The first-order chi connectivity index (χ1) is 16.5. The third kappa shape index (κ3) is 3.66. The van der Waals surface area contributed by atoms with Gasteiger partial charge in [0.05, 0.1) is 17.3 Å². The summed E-state index contributed by atoms with van der Waals surface area (Å²) >= 11 is 6.64. The molecule has 2 unspecified atom stereocenters. The van der Waals surface area contributed by atoms with Crippen molar-refractivity contribution in [3.63, 3.8) is 0 Å². The highest BCUT2D eigenvalue weighted by Gasteiger charge is 2.44. The lowest BCUT2D eigenvalue weighted by Gasteiger charge is -2.24. The molecule has 0 spiro atoms. The molecule has 0 aliphatic carbocycles. The van der Waals surface area contributed by atoms with Gasteiger partial charge in [-0.05, 0) is 49.7 Å². The van der Waals surface area contributed by atoms with Gasteiger partial charge < -0.3 is 0 Å². The minimum atomic E-state index is -0.675. The van der Waals surface area contributed by atoms with E-state index < -0.39 is 11.8 Å². The Kier molecular flexibility index (Phi) is 5.67. The van der Waals surface area contributed by atoms with E-state index in [0.29, 0.717) is 38.9 Å². The lowest BCUT2D eigenvalue weighted by atomic mass is 9.78. The molecule has 6 nitrogen and oxygen atoms in total. The fraction of sp³-hybridized carbons (Fsp3) is 0.148. The average Bonchev–Trinajstić information content (AvgIpc) is 3.32. The molecular formula is C27H23ClN4O2. The quantitative estimate of drug-likeness (QED) is 0.430. The summed E-state index contributed by atoms with van der Waals surface area (Å²) in [6, 6.07) is 26.0. The number of aromatic amines is 1. The van der Waals surface area contributed by atoms with Crippen LogP contribution in [0.25, 0.3) is 5.69 Å². The molecule has 0 saturated carbocycles. The number of hydrogen-bond donors (Lipinski definition) is 1. The van der Waals surface area contributed by atoms with Crippen LogP contribution in [0.15, 0.2) is 94.8 Å². The summed E-state index contributed by atoms with van der Waals surface area (Å²) in [7, 11) is 0. The van der Waals surface area contributed by atoms with Crippen LogP contribution in [-0.4, -0.2) is 21.4 Å². The van der Waals surface area contributed by atoms with Crippen LogP contribution in [-0.2, 0) is 4.79 Å². The predicted octanol–water partition coefficient (Wildman–Crippen LogP) is 5.30. The number of nitrogens with one attached hydrogen (secondary N) is 1. The van der Waals surface area contributed by atoms with Crippen LogP contribution in [0.4, 0.5) is 5.69 Å². The minimum absolute atomic E-state index is 0.195. The van der Waals surface area contributed by atoms with Gasteiger partial charge in [-0.1, -0.05) is 66.2 Å². The standard InChI is InChI=1S/C27H23ClN4O2/c1-17-23(26(33)31(29-17)19-11-5-3-6-12-19)25(21-15-9-10-16-22(21)28)24-18(2)30-32(27(24)34)20-13-7-4-8-14-20/h3-16,23,25,30H,1-2H3. The summed E-state index contributed by atoms with van der Waals surface area (Å²) in [5.74, 6) is -1.47. The van der Waals surface area contributed by atoms with Crippen LogP contribution in [0.5, 0.6) is 0 Å². The first-order valence-corrected chi connectivity index (χ1v) is 11.4. The highest BCUT2D eigenvalue weighted by Crippen LogP contribution is 2.40. The second kappa shape index (κ2) is 8.80. The molecule has 0 fully saturated rings. The monoisotopic (exact) mass is 470 g/mol. The predicted molar refractivity (Wildman–Crippen MR) is 135 cm³/mol. The maximum atomic E-state index is 13.8. The van der Waals surface area contributed by atoms with Gasteiger partial charge in [-0.3, -0.25) is 14.7 Å². The maximum Gasteiger partial charge on any atom is 0.275 e. The third-order valence-electron chi connectivity index (χ3n) is 6.20. The number of halogens is 1.